The van der Waals surface area contributed by atoms with Crippen LogP contribution in [0, 0.1) is 3.57 Å². The Hall–Kier alpha value is -2.60. The van der Waals surface area contributed by atoms with E-state index in [1.165, 1.54) is 0 Å². The number of amides is 2. The van der Waals surface area contributed by atoms with E-state index in [0.29, 0.717) is 22.3 Å². The molecule has 0 fully saturated rings. The molecule has 2 N–H and O–H groups in total. The molecule has 3 rings (SSSR count). The van der Waals surface area contributed by atoms with E-state index in [1.54, 1.807) is 36.4 Å². The summed E-state index contributed by atoms with van der Waals surface area (Å²) in [5.74, 6) is -1.60. The van der Waals surface area contributed by atoms with Crippen LogP contribution >= 0.6 is 34.3 Å². The number of carbonyl (C=O) groups is 3. The normalized spacial score (nSPS) is 10.4. The lowest BCUT2D eigenvalue weighted by Crippen LogP contribution is -2.32. The third-order valence-electron chi connectivity index (χ3n) is 3.44. The molecule has 0 bridgehead atoms. The highest BCUT2D eigenvalue weighted by Crippen LogP contribution is 2.20. The monoisotopic (exact) mass is 496 g/mol. The number of anilines is 1. The first-order valence-corrected chi connectivity index (χ1v) is 9.55. The van der Waals surface area contributed by atoms with Crippen LogP contribution in [-0.4, -0.2) is 39.7 Å². The van der Waals surface area contributed by atoms with Gasteiger partial charge in [0.25, 0.3) is 11.8 Å². The van der Waals surface area contributed by atoms with Gasteiger partial charge in [0.2, 0.25) is 0 Å². The van der Waals surface area contributed by atoms with Crippen molar-refractivity contribution in [1.82, 2.24) is 14.1 Å². The number of halogens is 1. The fourth-order valence-electron chi connectivity index (χ4n) is 2.18. The molecule has 2 amide bonds. The minimum Gasteiger partial charge on any atom is -0.454 e. The smallest absolute Gasteiger partial charge is 0.325 e. The second kappa shape index (κ2) is 8.86. The lowest BCUT2D eigenvalue weighted by Gasteiger charge is -2.08. The summed E-state index contributed by atoms with van der Waals surface area (Å²) in [7, 11) is 0. The van der Waals surface area contributed by atoms with Crippen molar-refractivity contribution < 1.29 is 19.1 Å². The topological polar surface area (TPSA) is 110 Å². The standard InChI is InChI=1S/C17H13IN4O4S/c18-11-5-2-1-4-10(11)17(25)19-8-15(24)26-9-14(23)20-12-6-3-7-13-16(12)22-27-21-13/h1-7H,8-9H2,(H,19,25)(H,20,23). The lowest BCUT2D eigenvalue weighted by atomic mass is 10.2. The van der Waals surface area contributed by atoms with E-state index >= 15 is 0 Å². The number of benzene rings is 2. The summed E-state index contributed by atoms with van der Waals surface area (Å²) in [4.78, 5) is 35.8. The number of hydrogen-bond donors (Lipinski definition) is 2. The van der Waals surface area contributed by atoms with E-state index in [9.17, 15) is 14.4 Å². The van der Waals surface area contributed by atoms with Crippen LogP contribution in [0.4, 0.5) is 5.69 Å². The van der Waals surface area contributed by atoms with Crippen molar-refractivity contribution in [1.29, 1.82) is 0 Å². The molecule has 0 saturated heterocycles. The average molecular weight is 496 g/mol. The molecular formula is C17H13IN4O4S. The van der Waals surface area contributed by atoms with E-state index < -0.39 is 18.5 Å². The predicted octanol–water partition coefficient (Wildman–Crippen LogP) is 2.21. The number of ether oxygens (including phenoxy) is 1. The minimum absolute atomic E-state index is 0.331. The number of hydrogen-bond acceptors (Lipinski definition) is 7. The summed E-state index contributed by atoms with van der Waals surface area (Å²) in [6.45, 7) is -0.797. The van der Waals surface area contributed by atoms with E-state index in [0.717, 1.165) is 15.3 Å². The average Bonchev–Trinajstić information content (AvgIpc) is 3.15. The van der Waals surface area contributed by atoms with Gasteiger partial charge in [-0.05, 0) is 46.9 Å². The van der Waals surface area contributed by atoms with Crippen molar-refractivity contribution in [2.24, 2.45) is 0 Å². The van der Waals surface area contributed by atoms with Crippen LogP contribution < -0.4 is 10.6 Å². The second-order valence-electron chi connectivity index (χ2n) is 5.31. The summed E-state index contributed by atoms with van der Waals surface area (Å²) in [5, 5.41) is 5.09. The van der Waals surface area contributed by atoms with Gasteiger partial charge < -0.3 is 15.4 Å². The van der Waals surface area contributed by atoms with E-state index in [4.69, 9.17) is 4.74 Å². The Bertz CT molecular complexity index is 1010. The van der Waals surface area contributed by atoms with Crippen LogP contribution in [0.25, 0.3) is 11.0 Å². The SMILES string of the molecule is O=C(COC(=O)CNC(=O)c1ccccc1I)Nc1cccc2nsnc12. The van der Waals surface area contributed by atoms with Crippen LogP contribution in [0.3, 0.4) is 0 Å². The molecule has 0 aliphatic carbocycles. The fraction of sp³-hybridized carbons (Fsp3) is 0.118. The Morgan fingerprint density at radius 2 is 1.89 bits per heavy atom. The molecule has 27 heavy (non-hydrogen) atoms. The molecule has 10 heteroatoms. The second-order valence-corrected chi connectivity index (χ2v) is 7.00. The molecule has 1 aromatic heterocycles. The Morgan fingerprint density at radius 1 is 1.07 bits per heavy atom. The first kappa shape index (κ1) is 19.2. The molecular weight excluding hydrogens is 483 g/mol. The number of fused-ring (bicyclic) bond motifs is 1. The third kappa shape index (κ3) is 4.98. The number of rotatable bonds is 6. The molecule has 8 nitrogen and oxygen atoms in total. The summed E-state index contributed by atoms with van der Waals surface area (Å²) in [5.41, 5.74) is 2.21. The highest BCUT2D eigenvalue weighted by molar-refractivity contribution is 14.1. The van der Waals surface area contributed by atoms with Gasteiger partial charge in [-0.1, -0.05) is 18.2 Å². The molecule has 138 valence electrons. The lowest BCUT2D eigenvalue weighted by molar-refractivity contribution is -0.146. The molecule has 3 aromatic rings. The van der Waals surface area contributed by atoms with Gasteiger partial charge >= 0.3 is 5.97 Å². The summed E-state index contributed by atoms with van der Waals surface area (Å²) >= 11 is 3.08. The minimum atomic E-state index is -0.710. The number of aromatic nitrogens is 2. The van der Waals surface area contributed by atoms with Crippen molar-refractivity contribution in [2.45, 2.75) is 0 Å². The van der Waals surface area contributed by atoms with Crippen molar-refractivity contribution >= 4 is 68.8 Å². The van der Waals surface area contributed by atoms with Gasteiger partial charge in [-0.25, -0.2) is 0 Å². The van der Waals surface area contributed by atoms with Crippen LogP contribution in [0.5, 0.6) is 0 Å². The predicted molar refractivity (Wildman–Crippen MR) is 108 cm³/mol. The number of nitrogens with one attached hydrogen (secondary N) is 2. The largest absolute Gasteiger partial charge is 0.454 e. The Labute approximate surface area is 171 Å². The molecule has 0 aliphatic heterocycles. The molecule has 0 spiro atoms. The molecule has 2 aromatic carbocycles. The van der Waals surface area contributed by atoms with E-state index in [1.807, 2.05) is 28.7 Å². The maximum atomic E-state index is 12.0. The zero-order chi connectivity index (χ0) is 19.2. The van der Waals surface area contributed by atoms with Gasteiger partial charge in [-0.3, -0.25) is 14.4 Å². The summed E-state index contributed by atoms with van der Waals surface area (Å²) in [6.07, 6.45) is 0. The molecule has 0 radical (unpaired) electrons. The van der Waals surface area contributed by atoms with Crippen molar-refractivity contribution in [3.63, 3.8) is 0 Å². The van der Waals surface area contributed by atoms with Gasteiger partial charge in [0.1, 0.15) is 17.6 Å². The summed E-state index contributed by atoms with van der Waals surface area (Å²) < 4.78 is 13.9. The molecule has 0 saturated carbocycles. The zero-order valence-electron chi connectivity index (χ0n) is 13.8. The van der Waals surface area contributed by atoms with Crippen molar-refractivity contribution in [2.75, 3.05) is 18.5 Å². The van der Waals surface area contributed by atoms with Gasteiger partial charge in [0, 0.05) is 3.57 Å². The first-order chi connectivity index (χ1) is 13.0. The first-order valence-electron chi connectivity index (χ1n) is 7.74. The Morgan fingerprint density at radius 3 is 2.70 bits per heavy atom. The zero-order valence-corrected chi connectivity index (χ0v) is 16.7. The quantitative estimate of drug-likeness (QED) is 0.400. The van der Waals surface area contributed by atoms with Gasteiger partial charge in [-0.2, -0.15) is 8.75 Å². The van der Waals surface area contributed by atoms with E-state index in [2.05, 4.69) is 19.4 Å². The van der Waals surface area contributed by atoms with Crippen LogP contribution in [-0.2, 0) is 14.3 Å². The fourth-order valence-corrected chi connectivity index (χ4v) is 3.37. The van der Waals surface area contributed by atoms with Gasteiger partial charge in [0.05, 0.1) is 23.0 Å². The summed E-state index contributed by atoms with van der Waals surface area (Å²) in [6, 6.07) is 12.2. The Balaban J connectivity index is 1.46. The highest BCUT2D eigenvalue weighted by atomic mass is 127. The third-order valence-corrected chi connectivity index (χ3v) is 4.92. The van der Waals surface area contributed by atoms with Crippen molar-refractivity contribution in [3.8, 4) is 0 Å². The van der Waals surface area contributed by atoms with Crippen molar-refractivity contribution in [3.05, 3.63) is 51.6 Å². The Kier molecular flexibility index (Phi) is 6.29. The van der Waals surface area contributed by atoms with E-state index in [-0.39, 0.29) is 12.5 Å². The molecule has 0 aliphatic rings. The number of carbonyl (C=O) groups excluding carboxylic acids is 3. The molecule has 1 heterocycles. The van der Waals surface area contributed by atoms with Crippen LogP contribution in [0.15, 0.2) is 42.5 Å². The van der Waals surface area contributed by atoms with Crippen LogP contribution in [0.1, 0.15) is 10.4 Å². The van der Waals surface area contributed by atoms with Gasteiger partial charge in [-0.15, -0.1) is 0 Å². The highest BCUT2D eigenvalue weighted by Gasteiger charge is 2.13. The number of esters is 1. The molecule has 0 atom stereocenters. The maximum Gasteiger partial charge on any atom is 0.325 e. The van der Waals surface area contributed by atoms with Gasteiger partial charge in [0.15, 0.2) is 6.61 Å². The number of nitrogens with zero attached hydrogens (tertiary/aromatic N) is 2. The maximum absolute atomic E-state index is 12.0. The molecule has 0 unspecified atom stereocenters. The van der Waals surface area contributed by atoms with Crippen LogP contribution in [0.2, 0.25) is 0 Å².